The van der Waals surface area contributed by atoms with Gasteiger partial charge < -0.3 is 10.0 Å². The van der Waals surface area contributed by atoms with Crippen molar-refractivity contribution in [3.63, 3.8) is 0 Å². The van der Waals surface area contributed by atoms with E-state index in [1.54, 1.807) is 0 Å². The van der Waals surface area contributed by atoms with Crippen molar-refractivity contribution >= 4 is 28.9 Å². The van der Waals surface area contributed by atoms with E-state index in [9.17, 15) is 5.11 Å². The molecule has 19 heavy (non-hydrogen) atoms. The highest BCUT2D eigenvalue weighted by molar-refractivity contribution is 6.33. The van der Waals surface area contributed by atoms with E-state index in [0.717, 1.165) is 16.8 Å². The van der Waals surface area contributed by atoms with E-state index < -0.39 is 0 Å². The van der Waals surface area contributed by atoms with E-state index in [-0.39, 0.29) is 6.61 Å². The minimum atomic E-state index is -0.0320. The minimum Gasteiger partial charge on any atom is -0.392 e. The van der Waals surface area contributed by atoms with Gasteiger partial charge in [0.15, 0.2) is 0 Å². The van der Waals surface area contributed by atoms with Crippen LogP contribution in [0.3, 0.4) is 0 Å². The Balaban J connectivity index is 2.27. The van der Waals surface area contributed by atoms with Crippen LogP contribution in [-0.4, -0.2) is 12.2 Å². The van der Waals surface area contributed by atoms with Gasteiger partial charge >= 0.3 is 0 Å². The molecule has 0 spiro atoms. The van der Waals surface area contributed by atoms with Crippen molar-refractivity contribution in [2.45, 2.75) is 13.2 Å². The summed E-state index contributed by atoms with van der Waals surface area (Å²) in [5.74, 6) is 0. The molecular weight excluding hydrogens is 281 g/mol. The van der Waals surface area contributed by atoms with Crippen molar-refractivity contribution in [3.05, 3.63) is 63.6 Å². The molecule has 2 rings (SSSR count). The number of hydrogen-bond donors (Lipinski definition) is 1. The first-order valence-electron chi connectivity index (χ1n) is 5.95. The molecule has 4 heteroatoms. The molecule has 1 N–H and O–H groups in total. The number of aliphatic hydroxyl groups is 1. The monoisotopic (exact) mass is 295 g/mol. The molecule has 0 saturated heterocycles. The lowest BCUT2D eigenvalue weighted by Gasteiger charge is -2.23. The zero-order valence-corrected chi connectivity index (χ0v) is 12.1. The lowest BCUT2D eigenvalue weighted by Crippen LogP contribution is -2.18. The van der Waals surface area contributed by atoms with Gasteiger partial charge in [-0.05, 0) is 23.8 Å². The Morgan fingerprint density at radius 3 is 2.53 bits per heavy atom. The van der Waals surface area contributed by atoms with E-state index >= 15 is 0 Å². The first-order chi connectivity index (χ1) is 9.11. The fraction of sp³-hybridized carbons (Fsp3) is 0.200. The summed E-state index contributed by atoms with van der Waals surface area (Å²) >= 11 is 12.2. The summed E-state index contributed by atoms with van der Waals surface area (Å²) in [7, 11) is 1.95. The molecule has 0 aliphatic rings. The van der Waals surface area contributed by atoms with Gasteiger partial charge in [0.2, 0.25) is 0 Å². The van der Waals surface area contributed by atoms with Crippen molar-refractivity contribution < 1.29 is 5.11 Å². The zero-order valence-electron chi connectivity index (χ0n) is 10.6. The van der Waals surface area contributed by atoms with Crippen molar-refractivity contribution in [2.75, 3.05) is 11.9 Å². The van der Waals surface area contributed by atoms with Gasteiger partial charge in [-0.15, -0.1) is 0 Å². The molecule has 100 valence electrons. The molecule has 2 nitrogen and oxygen atoms in total. The molecule has 2 aromatic rings. The smallest absolute Gasteiger partial charge is 0.0702 e. The molecule has 0 unspecified atom stereocenters. The van der Waals surface area contributed by atoms with Gasteiger partial charge in [0, 0.05) is 24.2 Å². The Labute approximate surface area is 123 Å². The van der Waals surface area contributed by atoms with E-state index in [0.29, 0.717) is 16.6 Å². The van der Waals surface area contributed by atoms with E-state index in [1.165, 1.54) is 0 Å². The van der Waals surface area contributed by atoms with Gasteiger partial charge in [-0.3, -0.25) is 0 Å². The second kappa shape index (κ2) is 6.29. The Hall–Kier alpha value is -1.22. The third kappa shape index (κ3) is 3.41. The standard InChI is InChI=1S/C15H15Cl2NO/c1-18(9-11-4-2-6-13(16)8-11)15-12(10-19)5-3-7-14(15)17/h2-8,19H,9-10H2,1H3. The van der Waals surface area contributed by atoms with Crippen LogP contribution in [0.25, 0.3) is 0 Å². The summed E-state index contributed by atoms with van der Waals surface area (Å²) in [6.45, 7) is 0.646. The number of aliphatic hydroxyl groups excluding tert-OH is 1. The molecule has 0 atom stereocenters. The lowest BCUT2D eigenvalue weighted by molar-refractivity contribution is 0.282. The van der Waals surface area contributed by atoms with Crippen molar-refractivity contribution in [3.8, 4) is 0 Å². The van der Waals surface area contributed by atoms with E-state index in [1.807, 2.05) is 54.4 Å². The normalized spacial score (nSPS) is 10.5. The van der Waals surface area contributed by atoms with Crippen molar-refractivity contribution in [1.82, 2.24) is 0 Å². The number of anilines is 1. The van der Waals surface area contributed by atoms with Crippen molar-refractivity contribution in [2.24, 2.45) is 0 Å². The lowest BCUT2D eigenvalue weighted by atomic mass is 10.1. The number of para-hydroxylation sites is 1. The number of halogens is 2. The maximum atomic E-state index is 9.40. The predicted molar refractivity (Wildman–Crippen MR) is 80.9 cm³/mol. The van der Waals surface area contributed by atoms with Crippen LogP contribution in [0.15, 0.2) is 42.5 Å². The Morgan fingerprint density at radius 1 is 1.11 bits per heavy atom. The molecule has 2 aromatic carbocycles. The van der Waals surface area contributed by atoms with Crippen LogP contribution in [0.2, 0.25) is 10.0 Å². The van der Waals surface area contributed by atoms with Gasteiger partial charge in [0.05, 0.1) is 17.3 Å². The van der Waals surface area contributed by atoms with E-state index in [4.69, 9.17) is 23.2 Å². The first kappa shape index (κ1) is 14.2. The summed E-state index contributed by atoms with van der Waals surface area (Å²) in [6, 6.07) is 13.2. The molecule has 0 saturated carbocycles. The molecule has 0 amide bonds. The molecule has 0 aliphatic heterocycles. The molecular formula is C15H15Cl2NO. The Morgan fingerprint density at radius 2 is 1.84 bits per heavy atom. The zero-order chi connectivity index (χ0) is 13.8. The third-order valence-corrected chi connectivity index (χ3v) is 3.47. The summed E-state index contributed by atoms with van der Waals surface area (Å²) in [5.41, 5.74) is 2.77. The van der Waals surface area contributed by atoms with Crippen LogP contribution in [0.4, 0.5) is 5.69 Å². The highest BCUT2D eigenvalue weighted by Gasteiger charge is 2.11. The minimum absolute atomic E-state index is 0.0320. The Kier molecular flexibility index (Phi) is 4.70. The predicted octanol–water partition coefficient (Wildman–Crippen LogP) is 4.12. The van der Waals surface area contributed by atoms with Crippen LogP contribution in [0.1, 0.15) is 11.1 Å². The second-order valence-corrected chi connectivity index (χ2v) is 5.24. The van der Waals surface area contributed by atoms with Crippen LogP contribution in [0.5, 0.6) is 0 Å². The number of nitrogens with zero attached hydrogens (tertiary/aromatic N) is 1. The maximum absolute atomic E-state index is 9.40. The molecule has 0 radical (unpaired) electrons. The molecule has 0 bridgehead atoms. The molecule has 0 aromatic heterocycles. The largest absolute Gasteiger partial charge is 0.392 e. The summed E-state index contributed by atoms with van der Waals surface area (Å²) < 4.78 is 0. The summed E-state index contributed by atoms with van der Waals surface area (Å²) in [4.78, 5) is 2.01. The summed E-state index contributed by atoms with van der Waals surface area (Å²) in [6.07, 6.45) is 0. The molecule has 0 heterocycles. The average molecular weight is 296 g/mol. The fourth-order valence-electron chi connectivity index (χ4n) is 2.10. The third-order valence-electron chi connectivity index (χ3n) is 2.93. The SMILES string of the molecule is CN(Cc1cccc(Cl)c1)c1c(Cl)cccc1CO. The van der Waals surface area contributed by atoms with Gasteiger partial charge in [0.25, 0.3) is 0 Å². The number of benzene rings is 2. The summed E-state index contributed by atoms with van der Waals surface area (Å²) in [5, 5.41) is 10.7. The highest BCUT2D eigenvalue weighted by Crippen LogP contribution is 2.30. The van der Waals surface area contributed by atoms with Crippen LogP contribution >= 0.6 is 23.2 Å². The highest BCUT2D eigenvalue weighted by atomic mass is 35.5. The van der Waals surface area contributed by atoms with Gasteiger partial charge in [-0.2, -0.15) is 0 Å². The van der Waals surface area contributed by atoms with Crippen LogP contribution < -0.4 is 4.90 Å². The average Bonchev–Trinajstić information content (AvgIpc) is 2.38. The number of hydrogen-bond acceptors (Lipinski definition) is 2. The Bertz CT molecular complexity index is 572. The molecule has 0 aliphatic carbocycles. The quantitative estimate of drug-likeness (QED) is 0.917. The number of rotatable bonds is 4. The maximum Gasteiger partial charge on any atom is 0.0702 e. The van der Waals surface area contributed by atoms with E-state index in [2.05, 4.69) is 0 Å². The molecule has 0 fully saturated rings. The second-order valence-electron chi connectivity index (χ2n) is 4.39. The first-order valence-corrected chi connectivity index (χ1v) is 6.71. The van der Waals surface area contributed by atoms with Gasteiger partial charge in [-0.1, -0.05) is 47.5 Å². The van der Waals surface area contributed by atoms with Crippen LogP contribution in [-0.2, 0) is 13.2 Å². The van der Waals surface area contributed by atoms with Gasteiger partial charge in [-0.25, -0.2) is 0 Å². The van der Waals surface area contributed by atoms with Gasteiger partial charge in [0.1, 0.15) is 0 Å². The fourth-order valence-corrected chi connectivity index (χ4v) is 2.65. The van der Waals surface area contributed by atoms with Crippen LogP contribution in [0, 0.1) is 0 Å². The van der Waals surface area contributed by atoms with Crippen molar-refractivity contribution in [1.29, 1.82) is 0 Å². The topological polar surface area (TPSA) is 23.5 Å².